The number of hydrogen-bond acceptors (Lipinski definition) is 4. The van der Waals surface area contributed by atoms with Crippen LogP contribution in [0.4, 0.5) is 5.69 Å². The molecule has 0 saturated carbocycles. The van der Waals surface area contributed by atoms with Crippen molar-refractivity contribution in [3.63, 3.8) is 0 Å². The van der Waals surface area contributed by atoms with Gasteiger partial charge >= 0.3 is 0 Å². The van der Waals surface area contributed by atoms with E-state index in [0.717, 1.165) is 5.56 Å². The van der Waals surface area contributed by atoms with Gasteiger partial charge in [0.25, 0.3) is 0 Å². The Labute approximate surface area is 106 Å². The van der Waals surface area contributed by atoms with Gasteiger partial charge in [-0.15, -0.1) is 0 Å². The van der Waals surface area contributed by atoms with E-state index in [9.17, 15) is 8.42 Å². The zero-order valence-electron chi connectivity index (χ0n) is 9.67. The van der Waals surface area contributed by atoms with Crippen LogP contribution in [-0.2, 0) is 22.3 Å². The monoisotopic (exact) mass is 266 g/mol. The predicted octanol–water partition coefficient (Wildman–Crippen LogP) is 1.48. The highest BCUT2D eigenvalue weighted by Gasteiger charge is 2.13. The van der Waals surface area contributed by atoms with Crippen molar-refractivity contribution in [2.75, 3.05) is 5.73 Å². The molecule has 6 heteroatoms. The second-order valence-corrected chi connectivity index (χ2v) is 5.72. The van der Waals surface area contributed by atoms with Crippen molar-refractivity contribution in [2.45, 2.75) is 12.3 Å². The Balaban J connectivity index is 2.02. The Morgan fingerprint density at radius 2 is 2.00 bits per heavy atom. The first-order valence-electron chi connectivity index (χ1n) is 5.38. The van der Waals surface area contributed by atoms with Gasteiger partial charge < -0.3 is 10.2 Å². The molecular formula is C12H14N2O3S. The van der Waals surface area contributed by atoms with Crippen molar-refractivity contribution in [3.8, 4) is 0 Å². The molecule has 18 heavy (non-hydrogen) atoms. The predicted molar refractivity (Wildman–Crippen MR) is 69.0 cm³/mol. The molecule has 2 aromatic rings. The Morgan fingerprint density at radius 1 is 1.22 bits per heavy atom. The average molecular weight is 266 g/mol. The lowest BCUT2D eigenvalue weighted by Crippen LogP contribution is -2.24. The summed E-state index contributed by atoms with van der Waals surface area (Å²) in [6.45, 7) is 0.214. The van der Waals surface area contributed by atoms with Crippen LogP contribution in [0.25, 0.3) is 0 Å². The molecule has 3 N–H and O–H groups in total. The number of rotatable bonds is 5. The average Bonchev–Trinajstić information content (AvgIpc) is 2.83. The zero-order valence-corrected chi connectivity index (χ0v) is 10.5. The van der Waals surface area contributed by atoms with Gasteiger partial charge in [-0.25, -0.2) is 13.1 Å². The van der Waals surface area contributed by atoms with E-state index in [0.29, 0.717) is 11.3 Å². The second-order valence-electron chi connectivity index (χ2n) is 3.91. The Morgan fingerprint density at radius 3 is 2.67 bits per heavy atom. The van der Waals surface area contributed by atoms with Crippen molar-refractivity contribution in [1.29, 1.82) is 0 Å². The quantitative estimate of drug-likeness (QED) is 0.803. The number of hydrogen-bond donors (Lipinski definition) is 2. The molecule has 0 fully saturated rings. The van der Waals surface area contributed by atoms with Crippen LogP contribution in [-0.4, -0.2) is 8.42 Å². The third-order valence-electron chi connectivity index (χ3n) is 2.48. The Kier molecular flexibility index (Phi) is 3.69. The summed E-state index contributed by atoms with van der Waals surface area (Å²) in [7, 11) is -3.40. The van der Waals surface area contributed by atoms with Crippen molar-refractivity contribution < 1.29 is 12.8 Å². The molecule has 0 radical (unpaired) electrons. The van der Waals surface area contributed by atoms with E-state index in [1.165, 1.54) is 12.5 Å². The van der Waals surface area contributed by atoms with Crippen LogP contribution in [0.3, 0.4) is 0 Å². The van der Waals surface area contributed by atoms with Gasteiger partial charge in [0.05, 0.1) is 18.3 Å². The largest absolute Gasteiger partial charge is 0.472 e. The molecule has 0 aliphatic heterocycles. The molecule has 0 spiro atoms. The first kappa shape index (κ1) is 12.7. The Bertz CT molecular complexity index is 606. The highest BCUT2D eigenvalue weighted by molar-refractivity contribution is 7.88. The summed E-state index contributed by atoms with van der Waals surface area (Å²) in [6, 6.07) is 8.62. The summed E-state index contributed by atoms with van der Waals surface area (Å²) in [5, 5.41) is 0. The third kappa shape index (κ3) is 3.35. The number of sulfonamides is 1. The Hall–Kier alpha value is -1.79. The van der Waals surface area contributed by atoms with Crippen LogP contribution < -0.4 is 10.5 Å². The molecule has 5 nitrogen and oxygen atoms in total. The van der Waals surface area contributed by atoms with E-state index in [2.05, 4.69) is 4.72 Å². The summed E-state index contributed by atoms with van der Waals surface area (Å²) in [5.41, 5.74) is 7.56. The summed E-state index contributed by atoms with van der Waals surface area (Å²) >= 11 is 0. The molecule has 1 heterocycles. The van der Waals surface area contributed by atoms with Crippen molar-refractivity contribution in [1.82, 2.24) is 4.72 Å². The number of para-hydroxylation sites is 1. The van der Waals surface area contributed by atoms with Gasteiger partial charge in [0.15, 0.2) is 0 Å². The van der Waals surface area contributed by atoms with Crippen LogP contribution >= 0.6 is 0 Å². The van der Waals surface area contributed by atoms with Crippen LogP contribution in [0.15, 0.2) is 47.3 Å². The number of nitrogens with two attached hydrogens (primary N) is 1. The summed E-state index contributed by atoms with van der Waals surface area (Å²) in [5.74, 6) is -0.127. The molecule has 0 unspecified atom stereocenters. The second kappa shape index (κ2) is 5.24. The van der Waals surface area contributed by atoms with Crippen molar-refractivity contribution in [3.05, 3.63) is 54.0 Å². The molecular weight excluding hydrogens is 252 g/mol. The van der Waals surface area contributed by atoms with Gasteiger partial charge in [0.1, 0.15) is 0 Å². The summed E-state index contributed by atoms with van der Waals surface area (Å²) < 4.78 is 31.1. The topological polar surface area (TPSA) is 85.3 Å². The molecule has 1 aromatic heterocycles. The fraction of sp³-hybridized carbons (Fsp3) is 0.167. The van der Waals surface area contributed by atoms with Crippen LogP contribution in [0.2, 0.25) is 0 Å². The van der Waals surface area contributed by atoms with E-state index in [1.807, 2.05) is 0 Å². The standard InChI is InChI=1S/C12H14N2O3S/c13-12-4-2-1-3-11(12)9-18(15,16)14-7-10-5-6-17-8-10/h1-6,8,14H,7,9,13H2. The van der Waals surface area contributed by atoms with E-state index in [-0.39, 0.29) is 12.3 Å². The SMILES string of the molecule is Nc1ccccc1CS(=O)(=O)NCc1ccoc1. The first-order valence-corrected chi connectivity index (χ1v) is 7.04. The van der Waals surface area contributed by atoms with Crippen molar-refractivity contribution >= 4 is 15.7 Å². The summed E-state index contributed by atoms with van der Waals surface area (Å²) in [4.78, 5) is 0. The van der Waals surface area contributed by atoms with Crippen molar-refractivity contribution in [2.24, 2.45) is 0 Å². The van der Waals surface area contributed by atoms with Gasteiger partial charge in [-0.1, -0.05) is 18.2 Å². The maximum absolute atomic E-state index is 11.9. The van der Waals surface area contributed by atoms with Crippen LogP contribution in [0.5, 0.6) is 0 Å². The number of benzene rings is 1. The lowest BCUT2D eigenvalue weighted by atomic mass is 10.2. The maximum Gasteiger partial charge on any atom is 0.216 e. The van der Waals surface area contributed by atoms with Gasteiger partial charge in [-0.2, -0.15) is 0 Å². The minimum Gasteiger partial charge on any atom is -0.472 e. The number of anilines is 1. The van der Waals surface area contributed by atoms with Gasteiger partial charge in [0.2, 0.25) is 10.0 Å². The lowest BCUT2D eigenvalue weighted by molar-refractivity contribution is 0.561. The molecule has 0 saturated heterocycles. The molecule has 1 aromatic carbocycles. The maximum atomic E-state index is 11.9. The fourth-order valence-corrected chi connectivity index (χ4v) is 2.67. The van der Waals surface area contributed by atoms with Gasteiger partial charge in [0, 0.05) is 17.8 Å². The van der Waals surface area contributed by atoms with E-state index in [4.69, 9.17) is 10.2 Å². The van der Waals surface area contributed by atoms with E-state index in [1.54, 1.807) is 30.3 Å². The molecule has 0 aliphatic rings. The molecule has 2 rings (SSSR count). The number of furan rings is 1. The van der Waals surface area contributed by atoms with Gasteiger partial charge in [-0.05, 0) is 17.7 Å². The zero-order chi connectivity index (χ0) is 13.0. The smallest absolute Gasteiger partial charge is 0.216 e. The normalized spacial score (nSPS) is 11.6. The third-order valence-corrected chi connectivity index (χ3v) is 3.75. The summed E-state index contributed by atoms with van der Waals surface area (Å²) in [6.07, 6.45) is 3.00. The fourth-order valence-electron chi connectivity index (χ4n) is 1.51. The van der Waals surface area contributed by atoms with E-state index < -0.39 is 10.0 Å². The first-order chi connectivity index (χ1) is 8.57. The molecule has 96 valence electrons. The highest BCUT2D eigenvalue weighted by Crippen LogP contribution is 2.13. The highest BCUT2D eigenvalue weighted by atomic mass is 32.2. The number of nitrogen functional groups attached to an aromatic ring is 1. The minimum atomic E-state index is -3.40. The molecule has 0 amide bonds. The molecule has 0 aliphatic carbocycles. The van der Waals surface area contributed by atoms with E-state index >= 15 is 0 Å². The van der Waals surface area contributed by atoms with Crippen LogP contribution in [0, 0.1) is 0 Å². The van der Waals surface area contributed by atoms with Crippen LogP contribution in [0.1, 0.15) is 11.1 Å². The lowest BCUT2D eigenvalue weighted by Gasteiger charge is -2.07. The number of nitrogens with one attached hydrogen (secondary N) is 1. The molecule has 0 atom stereocenters. The van der Waals surface area contributed by atoms with Gasteiger partial charge in [-0.3, -0.25) is 0 Å². The molecule has 0 bridgehead atoms. The minimum absolute atomic E-state index is 0.127.